The second kappa shape index (κ2) is 8.87. The number of rotatable bonds is 5. The van der Waals surface area contributed by atoms with Crippen LogP contribution in [0.1, 0.15) is 21.5 Å². The number of benzene rings is 3. The maximum absolute atomic E-state index is 13.7. The van der Waals surface area contributed by atoms with E-state index in [1.165, 1.54) is 12.1 Å². The largest absolute Gasteiger partial charge is 0.368 e. The number of nitrogens with zero attached hydrogens (tertiary/aromatic N) is 3. The Kier molecular flexibility index (Phi) is 5.75. The minimum absolute atomic E-state index is 0.377. The predicted octanol–water partition coefficient (Wildman–Crippen LogP) is 3.95. The van der Waals surface area contributed by atoms with Gasteiger partial charge in [0, 0.05) is 54.4 Å². The molecule has 1 aromatic heterocycles. The molecule has 6 nitrogen and oxygen atoms in total. The first kappa shape index (κ1) is 22.0. The van der Waals surface area contributed by atoms with Gasteiger partial charge in [0.25, 0.3) is 0 Å². The fourth-order valence-corrected chi connectivity index (χ4v) is 4.53. The Labute approximate surface area is 196 Å². The minimum atomic E-state index is -0.597. The second-order valence-electron chi connectivity index (χ2n) is 8.79. The van der Waals surface area contributed by atoms with Gasteiger partial charge in [-0.25, -0.2) is 8.78 Å². The Hall–Kier alpha value is -3.78. The molecule has 1 aliphatic heterocycles. The van der Waals surface area contributed by atoms with Crippen LogP contribution in [0.3, 0.4) is 0 Å². The summed E-state index contributed by atoms with van der Waals surface area (Å²) in [5, 5.41) is 8.51. The van der Waals surface area contributed by atoms with Crippen LogP contribution < -0.4 is 10.6 Å². The smallest absolute Gasteiger partial charge is 0.248 e. The van der Waals surface area contributed by atoms with Crippen molar-refractivity contribution < 1.29 is 13.6 Å². The molecule has 2 heterocycles. The third-order valence-electron chi connectivity index (χ3n) is 6.34. The van der Waals surface area contributed by atoms with E-state index in [0.29, 0.717) is 23.2 Å². The number of halogens is 2. The van der Waals surface area contributed by atoms with E-state index in [1.54, 1.807) is 12.1 Å². The number of carbonyl (C=O) groups excluding carboxylic acids is 1. The zero-order valence-corrected chi connectivity index (χ0v) is 18.8. The van der Waals surface area contributed by atoms with Crippen molar-refractivity contribution in [2.24, 2.45) is 5.73 Å². The van der Waals surface area contributed by atoms with Crippen LogP contribution in [0, 0.1) is 11.6 Å². The molecule has 1 aliphatic rings. The van der Waals surface area contributed by atoms with E-state index in [9.17, 15) is 13.6 Å². The van der Waals surface area contributed by atoms with E-state index >= 15 is 0 Å². The number of piperazine rings is 1. The predicted molar refractivity (Wildman–Crippen MR) is 129 cm³/mol. The van der Waals surface area contributed by atoms with Gasteiger partial charge in [-0.1, -0.05) is 6.07 Å². The molecule has 174 valence electrons. The number of nitrogens with two attached hydrogens (primary N) is 1. The Bertz CT molecular complexity index is 1350. The Morgan fingerprint density at radius 1 is 0.971 bits per heavy atom. The summed E-state index contributed by atoms with van der Waals surface area (Å²) < 4.78 is 27.3. The van der Waals surface area contributed by atoms with Gasteiger partial charge >= 0.3 is 0 Å². The summed E-state index contributed by atoms with van der Waals surface area (Å²) >= 11 is 0. The summed E-state index contributed by atoms with van der Waals surface area (Å²) in [6.07, 6.45) is 0.377. The lowest BCUT2D eigenvalue weighted by molar-refractivity contribution is 0.100. The summed E-state index contributed by atoms with van der Waals surface area (Å²) in [5.74, 6) is -1.69. The van der Waals surface area contributed by atoms with Gasteiger partial charge in [-0.3, -0.25) is 9.89 Å². The molecule has 0 radical (unpaired) electrons. The molecule has 1 fully saturated rings. The highest BCUT2D eigenvalue weighted by atomic mass is 19.1. The lowest BCUT2D eigenvalue weighted by Gasteiger charge is -2.35. The molecule has 0 bridgehead atoms. The normalized spacial score (nSPS) is 14.6. The maximum atomic E-state index is 13.7. The number of H-pyrrole nitrogens is 1. The number of amides is 1. The molecular weight excluding hydrogens is 436 g/mol. The van der Waals surface area contributed by atoms with Crippen LogP contribution in [-0.2, 0) is 6.42 Å². The van der Waals surface area contributed by atoms with Crippen LogP contribution in [0.2, 0.25) is 0 Å². The SMILES string of the molecule is CN1CCN(c2ccc(C(N)=O)cc2-c2n[nH]c3ccc(Cc4cc(F)cc(F)c4)cc23)CC1. The summed E-state index contributed by atoms with van der Waals surface area (Å²) in [5.41, 5.74) is 10.8. The zero-order valence-electron chi connectivity index (χ0n) is 18.8. The van der Waals surface area contributed by atoms with Gasteiger partial charge in [0.1, 0.15) is 17.3 Å². The molecule has 0 saturated carbocycles. The van der Waals surface area contributed by atoms with Crippen molar-refractivity contribution in [3.8, 4) is 11.3 Å². The van der Waals surface area contributed by atoms with Crippen LogP contribution in [0.4, 0.5) is 14.5 Å². The average molecular weight is 462 g/mol. The van der Waals surface area contributed by atoms with Crippen molar-refractivity contribution in [1.29, 1.82) is 0 Å². The standard InChI is InChI=1S/C26H25F2N5O/c1-32-6-8-33(9-7-32)24-5-3-18(26(29)34)14-22(24)25-21-13-16(2-4-23(21)30-31-25)10-17-11-19(27)15-20(28)12-17/h2-5,11-15H,6-10H2,1H3,(H2,29,34)(H,30,31). The number of fused-ring (bicyclic) bond motifs is 1. The summed E-state index contributed by atoms with van der Waals surface area (Å²) in [6.45, 7) is 3.59. The molecule has 1 amide bonds. The highest BCUT2D eigenvalue weighted by molar-refractivity contribution is 6.00. The zero-order chi connectivity index (χ0) is 23.8. The highest BCUT2D eigenvalue weighted by Crippen LogP contribution is 2.36. The molecule has 0 spiro atoms. The Balaban J connectivity index is 1.58. The van der Waals surface area contributed by atoms with E-state index in [4.69, 9.17) is 5.73 Å². The van der Waals surface area contributed by atoms with E-state index in [0.717, 1.165) is 60.0 Å². The number of carbonyl (C=O) groups is 1. The molecule has 5 rings (SSSR count). The van der Waals surface area contributed by atoms with Crippen LogP contribution in [0.5, 0.6) is 0 Å². The van der Waals surface area contributed by atoms with E-state index in [1.807, 2.05) is 24.3 Å². The first-order valence-electron chi connectivity index (χ1n) is 11.2. The van der Waals surface area contributed by atoms with Gasteiger partial charge in [-0.15, -0.1) is 0 Å². The van der Waals surface area contributed by atoms with E-state index in [-0.39, 0.29) is 0 Å². The van der Waals surface area contributed by atoms with Gasteiger partial charge < -0.3 is 15.5 Å². The van der Waals surface area contributed by atoms with E-state index in [2.05, 4.69) is 27.0 Å². The van der Waals surface area contributed by atoms with Crippen LogP contribution in [-0.4, -0.2) is 54.2 Å². The van der Waals surface area contributed by atoms with Gasteiger partial charge in [0.2, 0.25) is 5.91 Å². The van der Waals surface area contributed by atoms with Crippen molar-refractivity contribution in [2.75, 3.05) is 38.1 Å². The first-order chi connectivity index (χ1) is 16.4. The molecule has 0 atom stereocenters. The fourth-order valence-electron chi connectivity index (χ4n) is 4.53. The molecule has 4 aromatic rings. The number of nitrogens with one attached hydrogen (secondary N) is 1. The van der Waals surface area contributed by atoms with Gasteiger partial charge in [-0.05, 0) is 67.1 Å². The van der Waals surface area contributed by atoms with Crippen LogP contribution in [0.25, 0.3) is 22.2 Å². The van der Waals surface area contributed by atoms with Crippen molar-refractivity contribution in [2.45, 2.75) is 6.42 Å². The third-order valence-corrected chi connectivity index (χ3v) is 6.34. The monoisotopic (exact) mass is 461 g/mol. The Morgan fingerprint density at radius 2 is 1.71 bits per heavy atom. The molecule has 1 saturated heterocycles. The number of primary amides is 1. The maximum Gasteiger partial charge on any atom is 0.248 e. The number of aromatic amines is 1. The van der Waals surface area contributed by atoms with Crippen molar-refractivity contribution in [3.05, 3.63) is 82.9 Å². The highest BCUT2D eigenvalue weighted by Gasteiger charge is 2.21. The lowest BCUT2D eigenvalue weighted by Crippen LogP contribution is -2.44. The van der Waals surface area contributed by atoms with Crippen LogP contribution >= 0.6 is 0 Å². The molecular formula is C26H25F2N5O. The summed E-state index contributed by atoms with van der Waals surface area (Å²) in [4.78, 5) is 16.5. The number of hydrogen-bond donors (Lipinski definition) is 2. The average Bonchev–Trinajstić information content (AvgIpc) is 3.22. The molecule has 0 unspecified atom stereocenters. The Morgan fingerprint density at radius 3 is 2.41 bits per heavy atom. The van der Waals surface area contributed by atoms with Gasteiger partial charge in [-0.2, -0.15) is 5.10 Å². The fraction of sp³-hybridized carbons (Fsp3) is 0.231. The van der Waals surface area contributed by atoms with Crippen molar-refractivity contribution >= 4 is 22.5 Å². The van der Waals surface area contributed by atoms with Crippen molar-refractivity contribution in [3.63, 3.8) is 0 Å². The minimum Gasteiger partial charge on any atom is -0.368 e. The number of aromatic nitrogens is 2. The van der Waals surface area contributed by atoms with Crippen molar-refractivity contribution in [1.82, 2.24) is 15.1 Å². The molecule has 3 aromatic carbocycles. The van der Waals surface area contributed by atoms with E-state index < -0.39 is 17.5 Å². The molecule has 0 aliphatic carbocycles. The summed E-state index contributed by atoms with van der Waals surface area (Å²) in [6, 6.07) is 14.8. The number of likely N-dealkylation sites (N-methyl/N-ethyl adjacent to an activating group) is 1. The third kappa shape index (κ3) is 4.36. The number of anilines is 1. The summed E-state index contributed by atoms with van der Waals surface area (Å²) in [7, 11) is 2.10. The first-order valence-corrected chi connectivity index (χ1v) is 11.2. The molecule has 8 heteroatoms. The lowest BCUT2D eigenvalue weighted by atomic mass is 9.98. The van der Waals surface area contributed by atoms with Gasteiger partial charge in [0.05, 0.1) is 5.52 Å². The van der Waals surface area contributed by atoms with Gasteiger partial charge in [0.15, 0.2) is 0 Å². The quantitative estimate of drug-likeness (QED) is 0.472. The van der Waals surface area contributed by atoms with Crippen LogP contribution in [0.15, 0.2) is 54.6 Å². The molecule has 34 heavy (non-hydrogen) atoms. The topological polar surface area (TPSA) is 78.2 Å². The number of hydrogen-bond acceptors (Lipinski definition) is 4. The second-order valence-corrected chi connectivity index (χ2v) is 8.79. The molecule has 3 N–H and O–H groups in total.